The fourth-order valence-corrected chi connectivity index (χ4v) is 2.09. The molecule has 0 amide bonds. The van der Waals surface area contributed by atoms with Gasteiger partial charge in [-0.25, -0.2) is 4.98 Å². The lowest BCUT2D eigenvalue weighted by molar-refractivity contribution is 0.608. The van der Waals surface area contributed by atoms with Gasteiger partial charge in [0.2, 0.25) is 0 Å². The molecule has 16 heavy (non-hydrogen) atoms. The van der Waals surface area contributed by atoms with Crippen LogP contribution < -0.4 is 10.2 Å². The molecule has 0 spiro atoms. The topological polar surface area (TPSA) is 62.7 Å². The van der Waals surface area contributed by atoms with Gasteiger partial charge in [-0.2, -0.15) is 0 Å². The Hall–Kier alpha value is -1.40. The lowest BCUT2D eigenvalue weighted by Gasteiger charge is -2.05. The summed E-state index contributed by atoms with van der Waals surface area (Å²) in [6, 6.07) is 0. The van der Waals surface area contributed by atoms with Crippen LogP contribution in [0.3, 0.4) is 0 Å². The summed E-state index contributed by atoms with van der Waals surface area (Å²) < 4.78 is 2.09. The van der Waals surface area contributed by atoms with Crippen molar-refractivity contribution in [1.82, 2.24) is 19.9 Å². The van der Waals surface area contributed by atoms with Crippen LogP contribution in [0.1, 0.15) is 18.4 Å². The van der Waals surface area contributed by atoms with Crippen LogP contribution in [0.5, 0.6) is 0 Å². The Bertz CT molecular complexity index is 499. The van der Waals surface area contributed by atoms with Gasteiger partial charge in [-0.1, -0.05) is 11.3 Å². The molecule has 2 aromatic rings. The van der Waals surface area contributed by atoms with Crippen LogP contribution in [0.2, 0.25) is 0 Å². The first-order chi connectivity index (χ1) is 7.79. The highest BCUT2D eigenvalue weighted by Crippen LogP contribution is 1.99. The van der Waals surface area contributed by atoms with Crippen molar-refractivity contribution in [2.75, 3.05) is 0 Å². The number of hydrogen-bond acceptors (Lipinski definition) is 4. The summed E-state index contributed by atoms with van der Waals surface area (Å²) in [6.07, 6.45) is 3.76. The fourth-order valence-electron chi connectivity index (χ4n) is 1.50. The quantitative estimate of drug-likeness (QED) is 0.815. The molecule has 0 unspecified atom stereocenters. The first kappa shape index (κ1) is 11.1. The molecule has 0 aliphatic rings. The van der Waals surface area contributed by atoms with Gasteiger partial charge < -0.3 is 14.9 Å². The molecule has 0 aromatic carbocycles. The van der Waals surface area contributed by atoms with Crippen molar-refractivity contribution in [3.8, 4) is 0 Å². The number of nitrogens with zero attached hydrogens (tertiary/aromatic N) is 2. The number of H-pyrrole nitrogens is 1. The van der Waals surface area contributed by atoms with Crippen LogP contribution in [0.15, 0.2) is 22.6 Å². The van der Waals surface area contributed by atoms with E-state index >= 15 is 0 Å². The third-order valence-electron chi connectivity index (χ3n) is 2.31. The van der Waals surface area contributed by atoms with Gasteiger partial charge in [-0.05, 0) is 6.92 Å². The number of nitrogens with one attached hydrogen (secondary N) is 2. The molecule has 5 nitrogen and oxygen atoms in total. The number of hydrogen-bond donors (Lipinski definition) is 2. The first-order valence-corrected chi connectivity index (χ1v) is 6.05. The average Bonchev–Trinajstić information content (AvgIpc) is 2.87. The minimum Gasteiger partial charge on any atom is -0.334 e. The van der Waals surface area contributed by atoms with Gasteiger partial charge in [0.1, 0.15) is 5.82 Å². The van der Waals surface area contributed by atoms with Gasteiger partial charge in [0.15, 0.2) is 0 Å². The molecule has 6 heteroatoms. The number of aromatic amines is 1. The number of thiazole rings is 1. The van der Waals surface area contributed by atoms with Gasteiger partial charge in [0, 0.05) is 36.6 Å². The molecule has 0 aliphatic heterocycles. The Morgan fingerprint density at radius 2 is 2.44 bits per heavy atom. The van der Waals surface area contributed by atoms with Crippen LogP contribution in [0, 0.1) is 0 Å². The van der Waals surface area contributed by atoms with Crippen LogP contribution in [0.25, 0.3) is 0 Å². The van der Waals surface area contributed by atoms with Gasteiger partial charge in [-0.3, -0.25) is 4.79 Å². The van der Waals surface area contributed by atoms with Crippen molar-refractivity contribution in [2.45, 2.75) is 26.6 Å². The molecule has 0 aliphatic carbocycles. The Kier molecular flexibility index (Phi) is 3.53. The Balaban J connectivity index is 1.86. The van der Waals surface area contributed by atoms with Gasteiger partial charge in [0.05, 0.1) is 6.54 Å². The molecule has 2 N–H and O–H groups in total. The largest absolute Gasteiger partial charge is 0.334 e. The van der Waals surface area contributed by atoms with Crippen molar-refractivity contribution in [3.05, 3.63) is 39.0 Å². The number of imidazole rings is 1. The van der Waals surface area contributed by atoms with Gasteiger partial charge in [-0.15, -0.1) is 0 Å². The highest BCUT2D eigenvalue weighted by molar-refractivity contribution is 7.07. The molecule has 0 fully saturated rings. The van der Waals surface area contributed by atoms with E-state index in [0.717, 1.165) is 18.1 Å². The predicted molar refractivity (Wildman–Crippen MR) is 63.4 cm³/mol. The van der Waals surface area contributed by atoms with E-state index in [1.54, 1.807) is 6.20 Å². The van der Waals surface area contributed by atoms with Crippen LogP contribution in [-0.2, 0) is 19.6 Å². The maximum atomic E-state index is 10.9. The molecule has 0 bridgehead atoms. The molecule has 86 valence electrons. The summed E-state index contributed by atoms with van der Waals surface area (Å²) in [4.78, 5) is 17.9. The zero-order valence-corrected chi connectivity index (χ0v) is 9.88. The van der Waals surface area contributed by atoms with E-state index in [0.29, 0.717) is 13.1 Å². The molecule has 2 heterocycles. The third kappa shape index (κ3) is 2.59. The Labute approximate surface area is 97.2 Å². The highest BCUT2D eigenvalue weighted by Gasteiger charge is 2.01. The van der Waals surface area contributed by atoms with Gasteiger partial charge >= 0.3 is 4.87 Å². The van der Waals surface area contributed by atoms with Crippen LogP contribution >= 0.6 is 11.3 Å². The molecule has 2 aromatic heterocycles. The average molecular weight is 238 g/mol. The van der Waals surface area contributed by atoms with E-state index in [1.165, 1.54) is 11.3 Å². The summed E-state index contributed by atoms with van der Waals surface area (Å²) in [6.45, 7) is 4.38. The Morgan fingerprint density at radius 3 is 3.12 bits per heavy atom. The maximum absolute atomic E-state index is 10.9. The summed E-state index contributed by atoms with van der Waals surface area (Å²) in [7, 11) is 0. The fraction of sp³-hybridized carbons (Fsp3) is 0.400. The van der Waals surface area contributed by atoms with Crippen molar-refractivity contribution >= 4 is 11.3 Å². The smallest absolute Gasteiger partial charge is 0.304 e. The standard InChI is InChI=1S/C10H14N4OS/c1-2-14-4-3-12-9(14)6-11-5-8-7-16-10(15)13-8/h3-4,7,11H,2,5-6H2,1H3,(H,13,15). The van der Waals surface area contributed by atoms with E-state index in [9.17, 15) is 4.79 Å². The molecule has 0 saturated heterocycles. The molecule has 0 radical (unpaired) electrons. The first-order valence-electron chi connectivity index (χ1n) is 5.17. The number of aryl methyl sites for hydroxylation is 1. The second kappa shape index (κ2) is 5.09. The summed E-state index contributed by atoms with van der Waals surface area (Å²) in [5.41, 5.74) is 0.921. The van der Waals surface area contributed by atoms with E-state index < -0.39 is 0 Å². The number of rotatable bonds is 5. The second-order valence-corrected chi connectivity index (χ2v) is 4.25. The summed E-state index contributed by atoms with van der Waals surface area (Å²) >= 11 is 1.19. The SMILES string of the molecule is CCn1ccnc1CNCc1csc(=O)[nH]1. The molecule has 2 rings (SSSR count). The Morgan fingerprint density at radius 1 is 1.56 bits per heavy atom. The van der Waals surface area contributed by atoms with Crippen molar-refractivity contribution < 1.29 is 0 Å². The molecule has 0 saturated carbocycles. The van der Waals surface area contributed by atoms with E-state index in [1.807, 2.05) is 11.6 Å². The van der Waals surface area contributed by atoms with E-state index in [-0.39, 0.29) is 4.87 Å². The minimum atomic E-state index is -0.00754. The maximum Gasteiger partial charge on any atom is 0.304 e. The zero-order valence-electron chi connectivity index (χ0n) is 9.06. The predicted octanol–water partition coefficient (Wildman–Crippen LogP) is 0.943. The third-order valence-corrected chi connectivity index (χ3v) is 3.03. The van der Waals surface area contributed by atoms with Crippen LogP contribution in [0.4, 0.5) is 0 Å². The highest BCUT2D eigenvalue weighted by atomic mass is 32.1. The monoisotopic (exact) mass is 238 g/mol. The molecular weight excluding hydrogens is 224 g/mol. The summed E-state index contributed by atoms with van der Waals surface area (Å²) in [5.74, 6) is 1.01. The van der Waals surface area contributed by atoms with Crippen LogP contribution in [-0.4, -0.2) is 14.5 Å². The number of aromatic nitrogens is 3. The second-order valence-electron chi connectivity index (χ2n) is 3.41. The minimum absolute atomic E-state index is 0.00754. The molecule has 0 atom stereocenters. The van der Waals surface area contributed by atoms with E-state index in [4.69, 9.17) is 0 Å². The summed E-state index contributed by atoms with van der Waals surface area (Å²) in [5, 5.41) is 5.08. The van der Waals surface area contributed by atoms with Crippen molar-refractivity contribution in [2.24, 2.45) is 0 Å². The lowest BCUT2D eigenvalue weighted by atomic mass is 10.4. The molecular formula is C10H14N4OS. The van der Waals surface area contributed by atoms with Crippen molar-refractivity contribution in [1.29, 1.82) is 0 Å². The zero-order chi connectivity index (χ0) is 11.4. The van der Waals surface area contributed by atoms with Crippen molar-refractivity contribution in [3.63, 3.8) is 0 Å². The van der Waals surface area contributed by atoms with E-state index in [2.05, 4.69) is 26.8 Å². The normalized spacial score (nSPS) is 10.8. The lowest BCUT2D eigenvalue weighted by Crippen LogP contribution is -2.17. The van der Waals surface area contributed by atoms with Gasteiger partial charge in [0.25, 0.3) is 0 Å².